The zero-order valence-electron chi connectivity index (χ0n) is 5.38. The standard InChI is InChI=1S/C5H11NOS/c1-4(2)6(3)5(7)8/h4H,1-3H3,(H,7,8). The Morgan fingerprint density at radius 1 is 1.62 bits per heavy atom. The third-order valence-corrected chi connectivity index (χ3v) is 1.39. The van der Waals surface area contributed by atoms with E-state index in [1.54, 1.807) is 11.9 Å². The van der Waals surface area contributed by atoms with Gasteiger partial charge in [-0.3, -0.25) is 4.79 Å². The lowest BCUT2D eigenvalue weighted by atomic mass is 10.4. The van der Waals surface area contributed by atoms with Crippen LogP contribution >= 0.6 is 12.6 Å². The average Bonchev–Trinajstić information content (AvgIpc) is 1.64. The average molecular weight is 133 g/mol. The topological polar surface area (TPSA) is 20.3 Å². The van der Waals surface area contributed by atoms with Crippen molar-refractivity contribution in [2.75, 3.05) is 7.05 Å². The number of thiol groups is 1. The fourth-order valence-corrected chi connectivity index (χ4v) is 0.452. The van der Waals surface area contributed by atoms with E-state index in [1.807, 2.05) is 13.8 Å². The summed E-state index contributed by atoms with van der Waals surface area (Å²) in [6.45, 7) is 3.88. The summed E-state index contributed by atoms with van der Waals surface area (Å²) in [7, 11) is 1.72. The first-order chi connectivity index (χ1) is 3.55. The molecule has 0 radical (unpaired) electrons. The lowest BCUT2D eigenvalue weighted by molar-refractivity contribution is 0.223. The highest BCUT2D eigenvalue weighted by atomic mass is 32.1. The first kappa shape index (κ1) is 7.82. The van der Waals surface area contributed by atoms with Gasteiger partial charge in [-0.15, -0.1) is 0 Å². The van der Waals surface area contributed by atoms with Crippen LogP contribution in [0.1, 0.15) is 13.8 Å². The number of amides is 1. The van der Waals surface area contributed by atoms with Gasteiger partial charge in [0.15, 0.2) is 0 Å². The summed E-state index contributed by atoms with van der Waals surface area (Å²) < 4.78 is 0. The monoisotopic (exact) mass is 133 g/mol. The molecule has 0 aromatic carbocycles. The van der Waals surface area contributed by atoms with Crippen LogP contribution in [0.4, 0.5) is 4.79 Å². The predicted molar refractivity (Wildman–Crippen MR) is 37.3 cm³/mol. The van der Waals surface area contributed by atoms with Crippen molar-refractivity contribution < 1.29 is 4.79 Å². The van der Waals surface area contributed by atoms with Crippen molar-refractivity contribution in [3.8, 4) is 0 Å². The molecule has 0 aromatic rings. The minimum atomic E-state index is -0.181. The zero-order valence-corrected chi connectivity index (χ0v) is 6.27. The van der Waals surface area contributed by atoms with Gasteiger partial charge in [0.05, 0.1) is 0 Å². The Hall–Kier alpha value is -0.180. The molecular formula is C5H11NOS. The minimum absolute atomic E-state index is 0.181. The normalized spacial score (nSPS) is 9.62. The molecule has 0 aliphatic carbocycles. The highest BCUT2D eigenvalue weighted by molar-refractivity contribution is 7.96. The molecule has 0 bridgehead atoms. The van der Waals surface area contributed by atoms with E-state index >= 15 is 0 Å². The number of hydrogen-bond donors (Lipinski definition) is 1. The molecule has 0 heterocycles. The van der Waals surface area contributed by atoms with Gasteiger partial charge in [-0.05, 0) is 13.8 Å². The lowest BCUT2D eigenvalue weighted by Crippen LogP contribution is -2.28. The van der Waals surface area contributed by atoms with Crippen molar-refractivity contribution in [3.05, 3.63) is 0 Å². The van der Waals surface area contributed by atoms with E-state index in [2.05, 4.69) is 12.6 Å². The van der Waals surface area contributed by atoms with Crippen LogP contribution in [0.25, 0.3) is 0 Å². The Morgan fingerprint density at radius 3 is 2.00 bits per heavy atom. The third kappa shape index (κ3) is 2.21. The zero-order chi connectivity index (χ0) is 6.73. The Kier molecular flexibility index (Phi) is 2.90. The molecule has 0 saturated heterocycles. The maximum atomic E-state index is 10.4. The second-order valence-electron chi connectivity index (χ2n) is 1.99. The molecule has 0 aromatic heterocycles. The van der Waals surface area contributed by atoms with E-state index in [9.17, 15) is 4.79 Å². The van der Waals surface area contributed by atoms with Gasteiger partial charge in [-0.2, -0.15) is 0 Å². The first-order valence-electron chi connectivity index (χ1n) is 2.51. The van der Waals surface area contributed by atoms with E-state index < -0.39 is 0 Å². The smallest absolute Gasteiger partial charge is 0.278 e. The molecule has 0 aliphatic heterocycles. The molecule has 1 amide bonds. The van der Waals surface area contributed by atoms with Crippen LogP contribution in [0, 0.1) is 0 Å². The number of rotatable bonds is 1. The van der Waals surface area contributed by atoms with Crippen molar-refractivity contribution in [2.45, 2.75) is 19.9 Å². The molecule has 0 atom stereocenters. The summed E-state index contributed by atoms with van der Waals surface area (Å²) in [5, 5.41) is -0.181. The Bertz CT molecular complexity index is 92.4. The summed E-state index contributed by atoms with van der Waals surface area (Å²) in [5.74, 6) is 0. The second-order valence-corrected chi connectivity index (χ2v) is 2.37. The van der Waals surface area contributed by atoms with Crippen LogP contribution in [-0.2, 0) is 0 Å². The molecule has 0 fully saturated rings. The van der Waals surface area contributed by atoms with Gasteiger partial charge in [0.1, 0.15) is 0 Å². The highest BCUT2D eigenvalue weighted by Gasteiger charge is 2.04. The van der Waals surface area contributed by atoms with Gasteiger partial charge in [0.25, 0.3) is 5.24 Å². The number of carbonyl (C=O) groups is 1. The largest absolute Gasteiger partial charge is 0.334 e. The van der Waals surface area contributed by atoms with Crippen LogP contribution in [0.15, 0.2) is 0 Å². The fourth-order valence-electron chi connectivity index (χ4n) is 0.221. The van der Waals surface area contributed by atoms with Gasteiger partial charge >= 0.3 is 0 Å². The summed E-state index contributed by atoms with van der Waals surface area (Å²) in [5.41, 5.74) is 0. The number of nitrogens with zero attached hydrogens (tertiary/aromatic N) is 1. The molecular weight excluding hydrogens is 122 g/mol. The quantitative estimate of drug-likeness (QED) is 0.536. The fraction of sp³-hybridized carbons (Fsp3) is 0.800. The van der Waals surface area contributed by atoms with E-state index in [-0.39, 0.29) is 11.3 Å². The predicted octanol–water partition coefficient (Wildman–Crippen LogP) is 1.38. The molecule has 3 heteroatoms. The van der Waals surface area contributed by atoms with Crippen molar-refractivity contribution in [1.29, 1.82) is 0 Å². The maximum Gasteiger partial charge on any atom is 0.278 e. The summed E-state index contributed by atoms with van der Waals surface area (Å²) in [6, 6.07) is 0.250. The molecule has 48 valence electrons. The van der Waals surface area contributed by atoms with Gasteiger partial charge in [0, 0.05) is 13.1 Å². The van der Waals surface area contributed by atoms with Gasteiger partial charge in [-0.25, -0.2) is 0 Å². The van der Waals surface area contributed by atoms with Crippen molar-refractivity contribution in [3.63, 3.8) is 0 Å². The summed E-state index contributed by atoms with van der Waals surface area (Å²) in [4.78, 5) is 11.9. The number of hydrogen-bond acceptors (Lipinski definition) is 1. The van der Waals surface area contributed by atoms with Gasteiger partial charge in [0.2, 0.25) is 0 Å². The van der Waals surface area contributed by atoms with Crippen LogP contribution in [0.2, 0.25) is 0 Å². The van der Waals surface area contributed by atoms with Crippen LogP contribution in [0.5, 0.6) is 0 Å². The molecule has 8 heavy (non-hydrogen) atoms. The SMILES string of the molecule is CC(C)N(C)C(=O)S. The molecule has 0 saturated carbocycles. The van der Waals surface area contributed by atoms with E-state index in [0.29, 0.717) is 0 Å². The highest BCUT2D eigenvalue weighted by Crippen LogP contribution is 1.96. The van der Waals surface area contributed by atoms with Gasteiger partial charge < -0.3 is 4.90 Å². The third-order valence-electron chi connectivity index (χ3n) is 1.08. The van der Waals surface area contributed by atoms with E-state index in [4.69, 9.17) is 0 Å². The molecule has 0 aliphatic rings. The van der Waals surface area contributed by atoms with Crippen LogP contribution in [0.3, 0.4) is 0 Å². The van der Waals surface area contributed by atoms with Crippen molar-refractivity contribution >= 4 is 17.9 Å². The molecule has 0 spiro atoms. The van der Waals surface area contributed by atoms with Gasteiger partial charge in [-0.1, -0.05) is 12.6 Å². The summed E-state index contributed by atoms with van der Waals surface area (Å²) in [6.07, 6.45) is 0. The number of carbonyl (C=O) groups excluding carboxylic acids is 1. The Balaban J connectivity index is 3.64. The van der Waals surface area contributed by atoms with E-state index in [0.717, 1.165) is 0 Å². The molecule has 0 rings (SSSR count). The lowest BCUT2D eigenvalue weighted by Gasteiger charge is -2.17. The van der Waals surface area contributed by atoms with E-state index in [1.165, 1.54) is 0 Å². The minimum Gasteiger partial charge on any atom is -0.334 e. The molecule has 0 unspecified atom stereocenters. The van der Waals surface area contributed by atoms with Crippen molar-refractivity contribution in [1.82, 2.24) is 4.90 Å². The molecule has 2 nitrogen and oxygen atoms in total. The van der Waals surface area contributed by atoms with Crippen LogP contribution < -0.4 is 0 Å². The Morgan fingerprint density at radius 2 is 2.00 bits per heavy atom. The second kappa shape index (κ2) is 2.97. The molecule has 0 N–H and O–H groups in total. The van der Waals surface area contributed by atoms with Crippen molar-refractivity contribution in [2.24, 2.45) is 0 Å². The maximum absolute atomic E-state index is 10.4. The van der Waals surface area contributed by atoms with Crippen LogP contribution in [-0.4, -0.2) is 23.2 Å². The first-order valence-corrected chi connectivity index (χ1v) is 2.96. The summed E-state index contributed by atoms with van der Waals surface area (Å²) >= 11 is 3.62. The Labute approximate surface area is 55.3 Å².